The molecule has 1 aliphatic heterocycles. The predicted molar refractivity (Wildman–Crippen MR) is 104 cm³/mol. The lowest BCUT2D eigenvalue weighted by Crippen LogP contribution is -2.55. The summed E-state index contributed by atoms with van der Waals surface area (Å²) in [5, 5.41) is 3.60. The van der Waals surface area contributed by atoms with Crippen LogP contribution in [0.2, 0.25) is 0 Å². The molecule has 3 atom stereocenters. The van der Waals surface area contributed by atoms with Crippen LogP contribution < -0.4 is 5.32 Å². The number of nitrogens with one attached hydrogen (secondary N) is 1. The van der Waals surface area contributed by atoms with E-state index < -0.39 is 0 Å². The maximum atomic E-state index is 14.1. The first-order valence-corrected chi connectivity index (χ1v) is 10.1. The average molecular weight is 411 g/mol. The van der Waals surface area contributed by atoms with Gasteiger partial charge in [-0.25, -0.2) is 9.37 Å². The van der Waals surface area contributed by atoms with E-state index in [0.717, 1.165) is 49.3 Å². The lowest BCUT2D eigenvalue weighted by Gasteiger charge is -2.40. The number of aromatic nitrogens is 2. The van der Waals surface area contributed by atoms with Crippen LogP contribution in [0.25, 0.3) is 11.0 Å². The standard InChI is InChI=1S/C19H28BrFN4/c1-5-7-17(24-10-12(3)22-13(4)11-24)19-23-16-8-14(20)15(21)9-18(16)25(19)6-2/h8-9,12-13,17,22H,5-7,10-11H2,1-4H3/t12-,13+,17?. The van der Waals surface area contributed by atoms with Crippen molar-refractivity contribution in [2.75, 3.05) is 13.1 Å². The minimum Gasteiger partial charge on any atom is -0.327 e. The fourth-order valence-corrected chi connectivity index (χ4v) is 4.43. The molecule has 138 valence electrons. The van der Waals surface area contributed by atoms with Crippen LogP contribution in [0.15, 0.2) is 16.6 Å². The molecular weight excluding hydrogens is 383 g/mol. The molecule has 6 heteroatoms. The SMILES string of the molecule is CCCC(c1nc2cc(Br)c(F)cc2n1CC)N1C[C@@H](C)N[C@@H](C)C1. The monoisotopic (exact) mass is 410 g/mol. The molecule has 1 fully saturated rings. The second kappa shape index (κ2) is 7.72. The third-order valence-electron chi connectivity index (χ3n) is 5.02. The molecule has 3 rings (SSSR count). The topological polar surface area (TPSA) is 33.1 Å². The quantitative estimate of drug-likeness (QED) is 0.788. The van der Waals surface area contributed by atoms with Crippen LogP contribution in [0.3, 0.4) is 0 Å². The Morgan fingerprint density at radius 2 is 1.96 bits per heavy atom. The Labute approximate surface area is 157 Å². The lowest BCUT2D eigenvalue weighted by atomic mass is 10.0. The van der Waals surface area contributed by atoms with Gasteiger partial charge in [0.2, 0.25) is 0 Å². The maximum Gasteiger partial charge on any atom is 0.139 e. The average Bonchev–Trinajstić information content (AvgIpc) is 2.89. The van der Waals surface area contributed by atoms with E-state index in [1.54, 1.807) is 12.1 Å². The number of piperazine rings is 1. The normalized spacial score (nSPS) is 23.3. The zero-order chi connectivity index (χ0) is 18.1. The molecule has 1 unspecified atom stereocenters. The molecule has 0 amide bonds. The van der Waals surface area contributed by atoms with Gasteiger partial charge in [0.15, 0.2) is 0 Å². The van der Waals surface area contributed by atoms with Crippen molar-refractivity contribution in [2.24, 2.45) is 0 Å². The Bertz CT molecular complexity index is 735. The van der Waals surface area contributed by atoms with E-state index in [9.17, 15) is 4.39 Å². The predicted octanol–water partition coefficient (Wildman–Crippen LogP) is 4.48. The first kappa shape index (κ1) is 18.8. The smallest absolute Gasteiger partial charge is 0.139 e. The number of halogens is 2. The fourth-order valence-electron chi connectivity index (χ4n) is 4.10. The fraction of sp³-hybridized carbons (Fsp3) is 0.632. The van der Waals surface area contributed by atoms with Crippen LogP contribution in [0.5, 0.6) is 0 Å². The maximum absolute atomic E-state index is 14.1. The van der Waals surface area contributed by atoms with Gasteiger partial charge in [0.05, 0.1) is 21.5 Å². The molecule has 1 aromatic heterocycles. The van der Waals surface area contributed by atoms with Gasteiger partial charge < -0.3 is 9.88 Å². The van der Waals surface area contributed by atoms with Crippen LogP contribution in [-0.2, 0) is 6.54 Å². The van der Waals surface area contributed by atoms with E-state index in [-0.39, 0.29) is 11.9 Å². The second-order valence-corrected chi connectivity index (χ2v) is 8.05. The van der Waals surface area contributed by atoms with Crippen molar-refractivity contribution in [2.45, 2.75) is 65.2 Å². The largest absolute Gasteiger partial charge is 0.327 e. The van der Waals surface area contributed by atoms with Crippen molar-refractivity contribution in [3.63, 3.8) is 0 Å². The molecule has 1 aliphatic rings. The molecule has 0 bridgehead atoms. The van der Waals surface area contributed by atoms with Crippen LogP contribution in [0.4, 0.5) is 4.39 Å². The van der Waals surface area contributed by atoms with Crippen molar-refractivity contribution in [3.8, 4) is 0 Å². The number of hydrogen-bond acceptors (Lipinski definition) is 3. The Morgan fingerprint density at radius 3 is 2.56 bits per heavy atom. The third kappa shape index (κ3) is 3.76. The van der Waals surface area contributed by atoms with Gasteiger partial charge in [0.25, 0.3) is 0 Å². The molecule has 25 heavy (non-hydrogen) atoms. The highest BCUT2D eigenvalue weighted by atomic mass is 79.9. The molecule has 2 aromatic rings. The highest BCUT2D eigenvalue weighted by Crippen LogP contribution is 2.32. The first-order valence-electron chi connectivity index (χ1n) is 9.29. The summed E-state index contributed by atoms with van der Waals surface area (Å²) in [6.07, 6.45) is 2.16. The van der Waals surface area contributed by atoms with Gasteiger partial charge in [-0.1, -0.05) is 13.3 Å². The highest BCUT2D eigenvalue weighted by Gasteiger charge is 2.30. The van der Waals surface area contributed by atoms with Crippen LogP contribution in [0.1, 0.15) is 52.4 Å². The van der Waals surface area contributed by atoms with Crippen LogP contribution in [-0.4, -0.2) is 39.6 Å². The van der Waals surface area contributed by atoms with Gasteiger partial charge in [0, 0.05) is 37.8 Å². The van der Waals surface area contributed by atoms with Gasteiger partial charge in [0.1, 0.15) is 11.6 Å². The van der Waals surface area contributed by atoms with Crippen molar-refractivity contribution in [1.29, 1.82) is 0 Å². The molecule has 0 aliphatic carbocycles. The first-order chi connectivity index (χ1) is 11.9. The van der Waals surface area contributed by atoms with Crippen molar-refractivity contribution < 1.29 is 4.39 Å². The molecule has 0 radical (unpaired) electrons. The van der Waals surface area contributed by atoms with Crippen LogP contribution >= 0.6 is 15.9 Å². The number of nitrogens with zero attached hydrogens (tertiary/aromatic N) is 3. The zero-order valence-electron chi connectivity index (χ0n) is 15.5. The Kier molecular flexibility index (Phi) is 5.81. The van der Waals surface area contributed by atoms with E-state index in [1.165, 1.54) is 0 Å². The van der Waals surface area contributed by atoms with E-state index in [2.05, 4.69) is 58.4 Å². The summed E-state index contributed by atoms with van der Waals surface area (Å²) in [7, 11) is 0. The number of rotatable bonds is 5. The summed E-state index contributed by atoms with van der Waals surface area (Å²) in [6, 6.07) is 4.60. The molecule has 0 spiro atoms. The summed E-state index contributed by atoms with van der Waals surface area (Å²) in [6.45, 7) is 11.6. The number of hydrogen-bond donors (Lipinski definition) is 1. The minimum absolute atomic E-state index is 0.231. The number of imidazole rings is 1. The van der Waals surface area contributed by atoms with Gasteiger partial charge in [-0.3, -0.25) is 4.90 Å². The minimum atomic E-state index is -0.231. The van der Waals surface area contributed by atoms with Crippen molar-refractivity contribution in [1.82, 2.24) is 19.8 Å². The molecular formula is C19H28BrFN4. The van der Waals surface area contributed by atoms with Gasteiger partial charge in [-0.15, -0.1) is 0 Å². The zero-order valence-corrected chi connectivity index (χ0v) is 17.1. The van der Waals surface area contributed by atoms with E-state index >= 15 is 0 Å². The molecule has 1 saturated heterocycles. The van der Waals surface area contributed by atoms with E-state index in [0.29, 0.717) is 16.6 Å². The number of aryl methyl sites for hydroxylation is 1. The summed E-state index contributed by atoms with van der Waals surface area (Å²) < 4.78 is 16.7. The molecule has 4 nitrogen and oxygen atoms in total. The van der Waals surface area contributed by atoms with E-state index in [1.807, 2.05) is 0 Å². The molecule has 0 saturated carbocycles. The Hall–Kier alpha value is -0.980. The Morgan fingerprint density at radius 1 is 1.28 bits per heavy atom. The lowest BCUT2D eigenvalue weighted by molar-refractivity contribution is 0.110. The van der Waals surface area contributed by atoms with Gasteiger partial charge in [-0.2, -0.15) is 0 Å². The van der Waals surface area contributed by atoms with Gasteiger partial charge >= 0.3 is 0 Å². The molecule has 1 aromatic carbocycles. The van der Waals surface area contributed by atoms with Gasteiger partial charge in [-0.05, 0) is 49.2 Å². The van der Waals surface area contributed by atoms with Crippen molar-refractivity contribution in [3.05, 3.63) is 28.2 Å². The number of fused-ring (bicyclic) bond motifs is 1. The van der Waals surface area contributed by atoms with Crippen LogP contribution in [0, 0.1) is 5.82 Å². The van der Waals surface area contributed by atoms with E-state index in [4.69, 9.17) is 4.98 Å². The summed E-state index contributed by atoms with van der Waals surface area (Å²) in [5.41, 5.74) is 1.75. The third-order valence-corrected chi connectivity index (χ3v) is 5.63. The summed E-state index contributed by atoms with van der Waals surface area (Å²) in [5.74, 6) is 0.836. The number of benzene rings is 1. The molecule has 1 N–H and O–H groups in total. The second-order valence-electron chi connectivity index (χ2n) is 7.20. The summed E-state index contributed by atoms with van der Waals surface area (Å²) in [4.78, 5) is 7.48. The Balaban J connectivity index is 2.06. The molecule has 2 heterocycles. The highest BCUT2D eigenvalue weighted by molar-refractivity contribution is 9.10. The summed E-state index contributed by atoms with van der Waals surface area (Å²) >= 11 is 3.29. The van der Waals surface area contributed by atoms with Crippen molar-refractivity contribution >= 4 is 27.0 Å².